The number of methoxy groups -OCH3 is 1. The first-order valence-electron chi connectivity index (χ1n) is 6.51. The van der Waals surface area contributed by atoms with E-state index in [-0.39, 0.29) is 0 Å². The quantitative estimate of drug-likeness (QED) is 0.899. The standard InChI is InChI=1S/C13H17N5O/c1-19-12-4-2-10(3-5-12)13-15-17-18(16-13)11-6-8-14-9-7-11/h2-5,11,14H,6-9H2,1H3. The van der Waals surface area contributed by atoms with Crippen molar-refractivity contribution in [1.29, 1.82) is 0 Å². The summed E-state index contributed by atoms with van der Waals surface area (Å²) in [6, 6.07) is 8.06. The minimum absolute atomic E-state index is 0.362. The van der Waals surface area contributed by atoms with Gasteiger partial charge in [-0.1, -0.05) is 0 Å². The zero-order valence-corrected chi connectivity index (χ0v) is 10.9. The number of rotatable bonds is 3. The molecule has 6 nitrogen and oxygen atoms in total. The number of tetrazole rings is 1. The molecule has 1 aromatic heterocycles. The molecule has 1 N–H and O–H groups in total. The lowest BCUT2D eigenvalue weighted by Crippen LogP contribution is -2.30. The Hall–Kier alpha value is -1.95. The van der Waals surface area contributed by atoms with Crippen LogP contribution in [0.3, 0.4) is 0 Å². The zero-order chi connectivity index (χ0) is 13.1. The average Bonchev–Trinajstić information content (AvgIpc) is 2.98. The zero-order valence-electron chi connectivity index (χ0n) is 10.9. The van der Waals surface area contributed by atoms with Gasteiger partial charge in [-0.05, 0) is 55.4 Å². The molecule has 1 aromatic carbocycles. The molecule has 0 unspecified atom stereocenters. The molecule has 0 amide bonds. The van der Waals surface area contributed by atoms with Gasteiger partial charge in [0, 0.05) is 5.56 Å². The van der Waals surface area contributed by atoms with Gasteiger partial charge in [-0.2, -0.15) is 4.80 Å². The lowest BCUT2D eigenvalue weighted by Gasteiger charge is -2.20. The third-order valence-electron chi connectivity index (χ3n) is 3.41. The maximum absolute atomic E-state index is 5.14. The fraction of sp³-hybridized carbons (Fsp3) is 0.462. The van der Waals surface area contributed by atoms with Crippen molar-refractivity contribution in [3.63, 3.8) is 0 Å². The van der Waals surface area contributed by atoms with Crippen LogP contribution in [0.5, 0.6) is 5.75 Å². The Bertz CT molecular complexity index is 530. The van der Waals surface area contributed by atoms with Crippen molar-refractivity contribution in [2.75, 3.05) is 20.2 Å². The van der Waals surface area contributed by atoms with E-state index < -0.39 is 0 Å². The minimum atomic E-state index is 0.362. The predicted octanol–water partition coefficient (Wildman–Crippen LogP) is 1.27. The maximum Gasteiger partial charge on any atom is 0.204 e. The predicted molar refractivity (Wildman–Crippen MR) is 70.9 cm³/mol. The van der Waals surface area contributed by atoms with Crippen LogP contribution in [0.15, 0.2) is 24.3 Å². The first-order valence-corrected chi connectivity index (χ1v) is 6.51. The van der Waals surface area contributed by atoms with E-state index in [9.17, 15) is 0 Å². The van der Waals surface area contributed by atoms with Gasteiger partial charge in [0.25, 0.3) is 0 Å². The van der Waals surface area contributed by atoms with Crippen molar-refractivity contribution >= 4 is 0 Å². The number of nitrogens with one attached hydrogen (secondary N) is 1. The molecular formula is C13H17N5O. The summed E-state index contributed by atoms with van der Waals surface area (Å²) in [5.74, 6) is 1.50. The highest BCUT2D eigenvalue weighted by atomic mass is 16.5. The van der Waals surface area contributed by atoms with Gasteiger partial charge >= 0.3 is 0 Å². The Kier molecular flexibility index (Phi) is 3.41. The average molecular weight is 259 g/mol. The molecule has 0 atom stereocenters. The Morgan fingerprint density at radius 3 is 2.63 bits per heavy atom. The molecule has 0 aliphatic carbocycles. The number of benzene rings is 1. The van der Waals surface area contributed by atoms with Gasteiger partial charge in [-0.15, -0.1) is 10.2 Å². The van der Waals surface area contributed by atoms with E-state index >= 15 is 0 Å². The van der Waals surface area contributed by atoms with Crippen molar-refractivity contribution in [1.82, 2.24) is 25.5 Å². The topological polar surface area (TPSA) is 64.9 Å². The van der Waals surface area contributed by atoms with E-state index in [1.807, 2.05) is 24.3 Å². The van der Waals surface area contributed by atoms with Gasteiger partial charge in [-0.3, -0.25) is 0 Å². The molecule has 0 spiro atoms. The van der Waals surface area contributed by atoms with E-state index in [2.05, 4.69) is 20.7 Å². The number of hydrogen-bond donors (Lipinski definition) is 1. The van der Waals surface area contributed by atoms with E-state index in [4.69, 9.17) is 4.74 Å². The highest BCUT2D eigenvalue weighted by molar-refractivity contribution is 5.55. The summed E-state index contributed by atoms with van der Waals surface area (Å²) in [5, 5.41) is 16.1. The van der Waals surface area contributed by atoms with Crippen LogP contribution >= 0.6 is 0 Å². The number of hydrogen-bond acceptors (Lipinski definition) is 5. The Balaban J connectivity index is 1.79. The Morgan fingerprint density at radius 2 is 1.95 bits per heavy atom. The van der Waals surface area contributed by atoms with E-state index in [1.54, 1.807) is 11.9 Å². The molecule has 19 heavy (non-hydrogen) atoms. The molecule has 6 heteroatoms. The van der Waals surface area contributed by atoms with Gasteiger partial charge in [0.1, 0.15) is 5.75 Å². The summed E-state index contributed by atoms with van der Waals surface area (Å²) >= 11 is 0. The van der Waals surface area contributed by atoms with Crippen LogP contribution in [0.4, 0.5) is 0 Å². The van der Waals surface area contributed by atoms with Crippen molar-refractivity contribution in [2.24, 2.45) is 0 Å². The maximum atomic E-state index is 5.14. The molecule has 1 saturated heterocycles. The fourth-order valence-corrected chi connectivity index (χ4v) is 2.27. The minimum Gasteiger partial charge on any atom is -0.497 e. The molecule has 2 heterocycles. The largest absolute Gasteiger partial charge is 0.497 e. The van der Waals surface area contributed by atoms with Crippen LogP contribution in [-0.2, 0) is 0 Å². The second-order valence-electron chi connectivity index (χ2n) is 4.64. The molecule has 0 radical (unpaired) electrons. The first-order chi connectivity index (χ1) is 9.36. The molecule has 2 aromatic rings. The smallest absolute Gasteiger partial charge is 0.204 e. The molecule has 0 saturated carbocycles. The number of aromatic nitrogens is 4. The van der Waals surface area contributed by atoms with Crippen molar-refractivity contribution in [3.05, 3.63) is 24.3 Å². The van der Waals surface area contributed by atoms with Crippen LogP contribution in [0.1, 0.15) is 18.9 Å². The highest BCUT2D eigenvalue weighted by Gasteiger charge is 2.18. The second kappa shape index (κ2) is 5.36. The van der Waals surface area contributed by atoms with E-state index in [0.717, 1.165) is 37.2 Å². The van der Waals surface area contributed by atoms with Gasteiger partial charge in [0.05, 0.1) is 13.2 Å². The number of ether oxygens (including phenoxy) is 1. The molecule has 1 fully saturated rings. The van der Waals surface area contributed by atoms with Crippen LogP contribution < -0.4 is 10.1 Å². The number of nitrogens with zero attached hydrogens (tertiary/aromatic N) is 4. The second-order valence-corrected chi connectivity index (χ2v) is 4.64. The lowest BCUT2D eigenvalue weighted by molar-refractivity contribution is 0.309. The highest BCUT2D eigenvalue weighted by Crippen LogP contribution is 2.20. The van der Waals surface area contributed by atoms with Crippen LogP contribution in [-0.4, -0.2) is 40.4 Å². The first kappa shape index (κ1) is 12.1. The van der Waals surface area contributed by atoms with Crippen LogP contribution in [0, 0.1) is 0 Å². The van der Waals surface area contributed by atoms with Crippen LogP contribution in [0.25, 0.3) is 11.4 Å². The molecule has 1 aliphatic heterocycles. The van der Waals surface area contributed by atoms with E-state index in [1.165, 1.54) is 0 Å². The third kappa shape index (κ3) is 2.58. The summed E-state index contributed by atoms with van der Waals surface area (Å²) < 4.78 is 5.14. The summed E-state index contributed by atoms with van der Waals surface area (Å²) in [6.07, 6.45) is 2.11. The fourth-order valence-electron chi connectivity index (χ4n) is 2.27. The molecule has 100 valence electrons. The van der Waals surface area contributed by atoms with Gasteiger partial charge in [0.15, 0.2) is 0 Å². The Morgan fingerprint density at radius 1 is 1.21 bits per heavy atom. The van der Waals surface area contributed by atoms with Gasteiger partial charge in [-0.25, -0.2) is 0 Å². The summed E-state index contributed by atoms with van der Waals surface area (Å²) in [7, 11) is 1.65. The lowest BCUT2D eigenvalue weighted by atomic mass is 10.1. The summed E-state index contributed by atoms with van der Waals surface area (Å²) in [4.78, 5) is 1.75. The Labute approximate surface area is 111 Å². The molecular weight excluding hydrogens is 242 g/mol. The van der Waals surface area contributed by atoms with Crippen molar-refractivity contribution in [3.8, 4) is 17.1 Å². The molecule has 0 bridgehead atoms. The van der Waals surface area contributed by atoms with Gasteiger partial charge < -0.3 is 10.1 Å². The number of piperidine rings is 1. The van der Waals surface area contributed by atoms with Crippen LogP contribution in [0.2, 0.25) is 0 Å². The molecule has 3 rings (SSSR count). The molecule has 1 aliphatic rings. The van der Waals surface area contributed by atoms with Gasteiger partial charge in [0.2, 0.25) is 5.82 Å². The monoisotopic (exact) mass is 259 g/mol. The van der Waals surface area contributed by atoms with Crippen molar-refractivity contribution < 1.29 is 4.74 Å². The van der Waals surface area contributed by atoms with Crippen molar-refractivity contribution in [2.45, 2.75) is 18.9 Å². The summed E-state index contributed by atoms with van der Waals surface area (Å²) in [5.41, 5.74) is 0.959. The third-order valence-corrected chi connectivity index (χ3v) is 3.41. The van der Waals surface area contributed by atoms with E-state index in [0.29, 0.717) is 11.9 Å². The normalized spacial score (nSPS) is 16.5. The SMILES string of the molecule is COc1ccc(-c2nnn(C3CCNCC3)n2)cc1. The summed E-state index contributed by atoms with van der Waals surface area (Å²) in [6.45, 7) is 2.04.